The van der Waals surface area contributed by atoms with E-state index < -0.39 is 0 Å². The fraction of sp³-hybridized carbons (Fsp3) is 0.533. The van der Waals surface area contributed by atoms with Gasteiger partial charge in [0.15, 0.2) is 0 Å². The van der Waals surface area contributed by atoms with Gasteiger partial charge in [0.25, 0.3) is 5.91 Å². The number of para-hydroxylation sites is 1. The first-order valence-electron chi connectivity index (χ1n) is 6.91. The van der Waals surface area contributed by atoms with E-state index >= 15 is 0 Å². The summed E-state index contributed by atoms with van der Waals surface area (Å²) >= 11 is 0. The Kier molecular flexibility index (Phi) is 4.80. The SMILES string of the molecule is CCCNc1ccccc1C(=O)NC1CC(OC)C1. The van der Waals surface area contributed by atoms with E-state index in [2.05, 4.69) is 17.6 Å². The maximum Gasteiger partial charge on any atom is 0.253 e. The zero-order chi connectivity index (χ0) is 13.7. The van der Waals surface area contributed by atoms with Crippen LogP contribution in [-0.2, 0) is 4.74 Å². The fourth-order valence-electron chi connectivity index (χ4n) is 2.23. The van der Waals surface area contributed by atoms with E-state index in [0.29, 0.717) is 6.10 Å². The second-order valence-electron chi connectivity index (χ2n) is 4.97. The zero-order valence-electron chi connectivity index (χ0n) is 11.6. The maximum absolute atomic E-state index is 12.2. The van der Waals surface area contributed by atoms with Gasteiger partial charge in [-0.3, -0.25) is 4.79 Å². The lowest BCUT2D eigenvalue weighted by molar-refractivity contribution is 0.0176. The number of hydrogen-bond donors (Lipinski definition) is 2. The number of rotatable bonds is 6. The molecule has 0 heterocycles. The predicted molar refractivity (Wildman–Crippen MR) is 76.5 cm³/mol. The summed E-state index contributed by atoms with van der Waals surface area (Å²) < 4.78 is 5.22. The predicted octanol–water partition coefficient (Wildman–Crippen LogP) is 2.42. The summed E-state index contributed by atoms with van der Waals surface area (Å²) in [6.07, 6.45) is 3.16. The highest BCUT2D eigenvalue weighted by atomic mass is 16.5. The van der Waals surface area contributed by atoms with Gasteiger partial charge in [-0.2, -0.15) is 0 Å². The second kappa shape index (κ2) is 6.57. The summed E-state index contributed by atoms with van der Waals surface area (Å²) in [4.78, 5) is 12.2. The van der Waals surface area contributed by atoms with Crippen LogP contribution < -0.4 is 10.6 Å². The molecule has 0 bridgehead atoms. The van der Waals surface area contributed by atoms with Gasteiger partial charge in [0.05, 0.1) is 11.7 Å². The number of carbonyl (C=O) groups excluding carboxylic acids is 1. The van der Waals surface area contributed by atoms with Crippen molar-refractivity contribution < 1.29 is 9.53 Å². The Balaban J connectivity index is 1.95. The summed E-state index contributed by atoms with van der Waals surface area (Å²) in [5.41, 5.74) is 1.63. The smallest absolute Gasteiger partial charge is 0.253 e. The van der Waals surface area contributed by atoms with E-state index in [0.717, 1.165) is 37.1 Å². The molecule has 0 unspecified atom stereocenters. The molecule has 4 heteroatoms. The highest BCUT2D eigenvalue weighted by Crippen LogP contribution is 2.23. The van der Waals surface area contributed by atoms with Crippen molar-refractivity contribution in [1.29, 1.82) is 0 Å². The number of methoxy groups -OCH3 is 1. The minimum atomic E-state index is -0.00115. The van der Waals surface area contributed by atoms with E-state index in [-0.39, 0.29) is 11.9 Å². The molecule has 1 amide bonds. The molecule has 4 nitrogen and oxygen atoms in total. The van der Waals surface area contributed by atoms with Crippen LogP contribution in [0.25, 0.3) is 0 Å². The molecule has 1 aliphatic rings. The summed E-state index contributed by atoms with van der Waals surface area (Å²) in [7, 11) is 1.71. The van der Waals surface area contributed by atoms with Gasteiger partial charge in [0.2, 0.25) is 0 Å². The summed E-state index contributed by atoms with van der Waals surface area (Å²) in [6, 6.07) is 7.89. The van der Waals surface area contributed by atoms with Crippen molar-refractivity contribution in [3.8, 4) is 0 Å². The van der Waals surface area contributed by atoms with Crippen molar-refractivity contribution in [3.05, 3.63) is 29.8 Å². The Morgan fingerprint density at radius 2 is 2.11 bits per heavy atom. The van der Waals surface area contributed by atoms with E-state index in [9.17, 15) is 4.79 Å². The summed E-state index contributed by atoms with van der Waals surface area (Å²) in [5, 5.41) is 6.34. The number of anilines is 1. The monoisotopic (exact) mass is 262 g/mol. The van der Waals surface area contributed by atoms with Crippen molar-refractivity contribution in [2.45, 2.75) is 38.3 Å². The quantitative estimate of drug-likeness (QED) is 0.827. The first-order chi connectivity index (χ1) is 9.24. The molecule has 0 spiro atoms. The van der Waals surface area contributed by atoms with E-state index in [4.69, 9.17) is 4.74 Å². The Labute approximate surface area is 114 Å². The average Bonchev–Trinajstić information content (AvgIpc) is 2.40. The molecule has 0 aromatic heterocycles. The number of carbonyl (C=O) groups is 1. The molecule has 1 saturated carbocycles. The molecule has 2 N–H and O–H groups in total. The van der Waals surface area contributed by atoms with Crippen LogP contribution in [0.5, 0.6) is 0 Å². The van der Waals surface area contributed by atoms with Crippen molar-refractivity contribution in [3.63, 3.8) is 0 Å². The van der Waals surface area contributed by atoms with Crippen molar-refractivity contribution in [2.24, 2.45) is 0 Å². The van der Waals surface area contributed by atoms with E-state index in [1.165, 1.54) is 0 Å². The van der Waals surface area contributed by atoms with Gasteiger partial charge >= 0.3 is 0 Å². The lowest BCUT2D eigenvalue weighted by Crippen LogP contribution is -2.47. The third-order valence-electron chi connectivity index (χ3n) is 3.50. The van der Waals surface area contributed by atoms with Crippen molar-refractivity contribution in [1.82, 2.24) is 5.32 Å². The van der Waals surface area contributed by atoms with E-state index in [1.807, 2.05) is 24.3 Å². The van der Waals surface area contributed by atoms with Gasteiger partial charge in [0.1, 0.15) is 0 Å². The molecular formula is C15H22N2O2. The highest BCUT2D eigenvalue weighted by molar-refractivity contribution is 5.99. The minimum absolute atomic E-state index is 0.00115. The van der Waals surface area contributed by atoms with Crippen molar-refractivity contribution in [2.75, 3.05) is 19.0 Å². The topological polar surface area (TPSA) is 50.4 Å². The second-order valence-corrected chi connectivity index (χ2v) is 4.97. The van der Waals surface area contributed by atoms with Gasteiger partial charge in [-0.15, -0.1) is 0 Å². The summed E-state index contributed by atoms with van der Waals surface area (Å²) in [6.45, 7) is 2.98. The van der Waals surface area contributed by atoms with Gasteiger partial charge in [-0.05, 0) is 31.4 Å². The Morgan fingerprint density at radius 3 is 2.79 bits per heavy atom. The molecule has 0 radical (unpaired) electrons. The first-order valence-corrected chi connectivity index (χ1v) is 6.91. The number of amides is 1. The third-order valence-corrected chi connectivity index (χ3v) is 3.50. The van der Waals surface area contributed by atoms with Gasteiger partial charge in [0, 0.05) is 25.4 Å². The molecule has 1 fully saturated rings. The van der Waals surface area contributed by atoms with Gasteiger partial charge < -0.3 is 15.4 Å². The van der Waals surface area contributed by atoms with Crippen LogP contribution in [0.4, 0.5) is 5.69 Å². The molecule has 104 valence electrons. The molecule has 19 heavy (non-hydrogen) atoms. The lowest BCUT2D eigenvalue weighted by Gasteiger charge is -2.34. The van der Waals surface area contributed by atoms with Gasteiger partial charge in [-0.25, -0.2) is 0 Å². The number of nitrogens with one attached hydrogen (secondary N) is 2. The van der Waals surface area contributed by atoms with Crippen LogP contribution in [0.15, 0.2) is 24.3 Å². The third kappa shape index (κ3) is 3.47. The van der Waals surface area contributed by atoms with Crippen LogP contribution in [0.1, 0.15) is 36.5 Å². The average molecular weight is 262 g/mol. The van der Waals surface area contributed by atoms with E-state index in [1.54, 1.807) is 7.11 Å². The zero-order valence-corrected chi connectivity index (χ0v) is 11.6. The van der Waals surface area contributed by atoms with Crippen LogP contribution in [0.2, 0.25) is 0 Å². The molecule has 0 aliphatic heterocycles. The normalized spacial score (nSPS) is 21.6. The molecule has 2 rings (SSSR count). The molecule has 1 aromatic carbocycles. The van der Waals surface area contributed by atoms with Crippen molar-refractivity contribution >= 4 is 11.6 Å². The van der Waals surface area contributed by atoms with Crippen LogP contribution >= 0.6 is 0 Å². The Morgan fingerprint density at radius 1 is 1.37 bits per heavy atom. The molecule has 1 aliphatic carbocycles. The van der Waals surface area contributed by atoms with Gasteiger partial charge in [-0.1, -0.05) is 19.1 Å². The Hall–Kier alpha value is -1.55. The maximum atomic E-state index is 12.2. The molecule has 0 saturated heterocycles. The van der Waals surface area contributed by atoms with Crippen LogP contribution in [-0.4, -0.2) is 31.7 Å². The largest absolute Gasteiger partial charge is 0.384 e. The Bertz CT molecular complexity index is 428. The minimum Gasteiger partial charge on any atom is -0.384 e. The van der Waals surface area contributed by atoms with Crippen LogP contribution in [0.3, 0.4) is 0 Å². The van der Waals surface area contributed by atoms with Crippen LogP contribution in [0, 0.1) is 0 Å². The number of benzene rings is 1. The standard InChI is InChI=1S/C15H22N2O2/c1-3-8-16-14-7-5-4-6-13(14)15(18)17-11-9-12(10-11)19-2/h4-7,11-12,16H,3,8-10H2,1-2H3,(H,17,18). The number of ether oxygens (including phenoxy) is 1. The highest BCUT2D eigenvalue weighted by Gasteiger charge is 2.30. The first kappa shape index (κ1) is 13.9. The fourth-order valence-corrected chi connectivity index (χ4v) is 2.23. The molecule has 0 atom stereocenters. The molecule has 1 aromatic rings. The summed E-state index contributed by atoms with van der Waals surface area (Å²) in [5.74, 6) is -0.00115. The molecular weight excluding hydrogens is 240 g/mol. The number of hydrogen-bond acceptors (Lipinski definition) is 3. The lowest BCUT2D eigenvalue weighted by atomic mass is 9.89.